The molecule has 1 unspecified atom stereocenters. The van der Waals surface area contributed by atoms with E-state index < -0.39 is 29.5 Å². The van der Waals surface area contributed by atoms with E-state index in [9.17, 15) is 19.5 Å². The third-order valence-electron chi connectivity index (χ3n) is 3.73. The monoisotopic (exact) mass is 285 g/mol. The van der Waals surface area contributed by atoms with Crippen LogP contribution in [0.4, 0.5) is 4.79 Å². The van der Waals surface area contributed by atoms with Crippen LogP contribution in [0.2, 0.25) is 0 Å². The molecule has 1 aliphatic rings. The SMILES string of the molecule is CC(C)C(NC(N)=O)C(=O)NC1(C(=O)O)CCCCC1. The minimum absolute atomic E-state index is 0.183. The van der Waals surface area contributed by atoms with Crippen molar-refractivity contribution >= 4 is 17.9 Å². The topological polar surface area (TPSA) is 122 Å². The van der Waals surface area contributed by atoms with Crippen LogP contribution in [-0.4, -0.2) is 34.6 Å². The van der Waals surface area contributed by atoms with Crippen LogP contribution in [0.3, 0.4) is 0 Å². The van der Waals surface area contributed by atoms with Gasteiger partial charge in [-0.05, 0) is 18.8 Å². The first-order valence-corrected chi connectivity index (χ1v) is 6.90. The lowest BCUT2D eigenvalue weighted by Gasteiger charge is -2.35. The quantitative estimate of drug-likeness (QED) is 0.590. The number of carbonyl (C=O) groups is 3. The van der Waals surface area contributed by atoms with Gasteiger partial charge in [0.25, 0.3) is 0 Å². The fourth-order valence-electron chi connectivity index (χ4n) is 2.55. The molecule has 5 N–H and O–H groups in total. The van der Waals surface area contributed by atoms with Gasteiger partial charge >= 0.3 is 12.0 Å². The molecule has 7 nitrogen and oxygen atoms in total. The molecule has 0 heterocycles. The molecule has 3 amide bonds. The predicted octanol–water partition coefficient (Wildman–Crippen LogP) is 0.583. The fraction of sp³-hybridized carbons (Fsp3) is 0.769. The molecule has 1 atom stereocenters. The number of nitrogens with two attached hydrogens (primary N) is 1. The van der Waals surface area contributed by atoms with E-state index in [1.54, 1.807) is 13.8 Å². The van der Waals surface area contributed by atoms with Gasteiger partial charge < -0.3 is 21.5 Å². The zero-order valence-electron chi connectivity index (χ0n) is 11.9. The molecule has 1 rings (SSSR count). The lowest BCUT2D eigenvalue weighted by molar-refractivity contribution is -0.149. The predicted molar refractivity (Wildman–Crippen MR) is 72.9 cm³/mol. The maximum absolute atomic E-state index is 12.3. The summed E-state index contributed by atoms with van der Waals surface area (Å²) in [6.07, 6.45) is 3.33. The summed E-state index contributed by atoms with van der Waals surface area (Å²) >= 11 is 0. The Morgan fingerprint density at radius 1 is 1.15 bits per heavy atom. The van der Waals surface area contributed by atoms with Gasteiger partial charge in [-0.25, -0.2) is 9.59 Å². The van der Waals surface area contributed by atoms with Gasteiger partial charge in [0.1, 0.15) is 11.6 Å². The first-order valence-electron chi connectivity index (χ1n) is 6.90. The van der Waals surface area contributed by atoms with Gasteiger partial charge in [-0.1, -0.05) is 33.1 Å². The summed E-state index contributed by atoms with van der Waals surface area (Å²) < 4.78 is 0. The van der Waals surface area contributed by atoms with Crippen LogP contribution in [0.1, 0.15) is 46.0 Å². The molecule has 20 heavy (non-hydrogen) atoms. The third kappa shape index (κ3) is 3.85. The molecule has 1 fully saturated rings. The average Bonchev–Trinajstić information content (AvgIpc) is 2.36. The number of rotatable bonds is 5. The summed E-state index contributed by atoms with van der Waals surface area (Å²) in [7, 11) is 0. The number of nitrogens with one attached hydrogen (secondary N) is 2. The van der Waals surface area contributed by atoms with E-state index >= 15 is 0 Å². The molecule has 0 aromatic rings. The van der Waals surface area contributed by atoms with Gasteiger partial charge in [-0.2, -0.15) is 0 Å². The summed E-state index contributed by atoms with van der Waals surface area (Å²) in [5.74, 6) is -1.70. The summed E-state index contributed by atoms with van der Waals surface area (Å²) in [6, 6.07) is -1.63. The van der Waals surface area contributed by atoms with Crippen molar-refractivity contribution in [2.24, 2.45) is 11.7 Å². The number of hydrogen-bond donors (Lipinski definition) is 4. The second kappa shape index (κ2) is 6.58. The molecule has 7 heteroatoms. The van der Waals surface area contributed by atoms with Crippen LogP contribution >= 0.6 is 0 Å². The number of urea groups is 1. The van der Waals surface area contributed by atoms with Crippen LogP contribution in [0.5, 0.6) is 0 Å². The smallest absolute Gasteiger partial charge is 0.329 e. The largest absolute Gasteiger partial charge is 0.480 e. The van der Waals surface area contributed by atoms with E-state index in [2.05, 4.69) is 10.6 Å². The Hall–Kier alpha value is -1.79. The van der Waals surface area contributed by atoms with Crippen molar-refractivity contribution in [3.05, 3.63) is 0 Å². The van der Waals surface area contributed by atoms with Crippen molar-refractivity contribution in [1.82, 2.24) is 10.6 Å². The number of carbonyl (C=O) groups excluding carboxylic acids is 2. The van der Waals surface area contributed by atoms with Gasteiger partial charge in [0.05, 0.1) is 0 Å². The number of carboxylic acid groups (broad SMARTS) is 1. The first-order chi connectivity index (χ1) is 9.28. The highest BCUT2D eigenvalue weighted by molar-refractivity contribution is 5.91. The van der Waals surface area contributed by atoms with Gasteiger partial charge in [-0.3, -0.25) is 4.79 Å². The van der Waals surface area contributed by atoms with Crippen LogP contribution in [0.15, 0.2) is 0 Å². The first kappa shape index (κ1) is 16.3. The number of aliphatic carboxylic acids is 1. The number of hydrogen-bond acceptors (Lipinski definition) is 3. The van der Waals surface area contributed by atoms with Crippen molar-refractivity contribution in [1.29, 1.82) is 0 Å². The average molecular weight is 285 g/mol. The third-order valence-corrected chi connectivity index (χ3v) is 3.73. The van der Waals surface area contributed by atoms with Gasteiger partial charge in [-0.15, -0.1) is 0 Å². The molecular formula is C13H23N3O4. The van der Waals surface area contributed by atoms with Crippen molar-refractivity contribution in [3.8, 4) is 0 Å². The summed E-state index contributed by atoms with van der Waals surface area (Å²) in [4.78, 5) is 34.7. The molecule has 114 valence electrons. The Balaban J connectivity index is 2.83. The minimum atomic E-state index is -1.22. The highest BCUT2D eigenvalue weighted by atomic mass is 16.4. The maximum Gasteiger partial charge on any atom is 0.329 e. The fourth-order valence-corrected chi connectivity index (χ4v) is 2.55. The zero-order valence-corrected chi connectivity index (χ0v) is 11.9. The second-order valence-corrected chi connectivity index (χ2v) is 5.67. The van der Waals surface area contributed by atoms with Crippen molar-refractivity contribution in [3.63, 3.8) is 0 Å². The normalized spacial score (nSPS) is 19.1. The lowest BCUT2D eigenvalue weighted by Crippen LogP contribution is -2.61. The zero-order chi connectivity index (χ0) is 15.3. The van der Waals surface area contributed by atoms with Gasteiger partial charge in [0, 0.05) is 0 Å². The Bertz CT molecular complexity index is 389. The molecule has 0 saturated heterocycles. The Labute approximate surface area is 118 Å². The molecule has 0 spiro atoms. The van der Waals surface area contributed by atoms with E-state index in [0.717, 1.165) is 19.3 Å². The number of carboxylic acids is 1. The van der Waals surface area contributed by atoms with Crippen LogP contribution in [-0.2, 0) is 9.59 Å². The van der Waals surface area contributed by atoms with E-state index in [1.165, 1.54) is 0 Å². The van der Waals surface area contributed by atoms with Gasteiger partial charge in [0.15, 0.2) is 0 Å². The second-order valence-electron chi connectivity index (χ2n) is 5.67. The molecule has 0 aromatic heterocycles. The lowest BCUT2D eigenvalue weighted by atomic mass is 9.81. The summed E-state index contributed by atoms with van der Waals surface area (Å²) in [5.41, 5.74) is 3.83. The van der Waals surface area contributed by atoms with Crippen LogP contribution in [0.25, 0.3) is 0 Å². The summed E-state index contributed by atoms with van der Waals surface area (Å²) in [5, 5.41) is 14.4. The maximum atomic E-state index is 12.3. The van der Waals surface area contributed by atoms with E-state index in [4.69, 9.17) is 5.73 Å². The Morgan fingerprint density at radius 2 is 1.70 bits per heavy atom. The minimum Gasteiger partial charge on any atom is -0.480 e. The molecule has 1 aliphatic carbocycles. The highest BCUT2D eigenvalue weighted by Gasteiger charge is 2.42. The number of amides is 3. The highest BCUT2D eigenvalue weighted by Crippen LogP contribution is 2.28. The summed E-state index contributed by atoms with van der Waals surface area (Å²) in [6.45, 7) is 3.52. The molecule has 0 radical (unpaired) electrons. The van der Waals surface area contributed by atoms with Crippen molar-refractivity contribution in [2.75, 3.05) is 0 Å². The standard InChI is InChI=1S/C13H23N3O4/c1-8(2)9(15-12(14)20)10(17)16-13(11(18)19)6-4-3-5-7-13/h8-9H,3-7H2,1-2H3,(H,16,17)(H,18,19)(H3,14,15,20). The number of primary amides is 1. The molecule has 0 bridgehead atoms. The molecule has 1 saturated carbocycles. The van der Waals surface area contributed by atoms with Crippen molar-refractivity contribution in [2.45, 2.75) is 57.5 Å². The van der Waals surface area contributed by atoms with E-state index in [1.807, 2.05) is 0 Å². The molecule has 0 aromatic carbocycles. The van der Waals surface area contributed by atoms with Gasteiger partial charge in [0.2, 0.25) is 5.91 Å². The molecule has 0 aliphatic heterocycles. The van der Waals surface area contributed by atoms with E-state index in [0.29, 0.717) is 12.8 Å². The van der Waals surface area contributed by atoms with Crippen molar-refractivity contribution < 1.29 is 19.5 Å². The van der Waals surface area contributed by atoms with Crippen LogP contribution in [0, 0.1) is 5.92 Å². The Morgan fingerprint density at radius 3 is 2.10 bits per heavy atom. The Kier molecular flexibility index (Phi) is 5.35. The van der Waals surface area contributed by atoms with Crippen LogP contribution < -0.4 is 16.4 Å². The van der Waals surface area contributed by atoms with E-state index in [-0.39, 0.29) is 5.92 Å². The molecular weight excluding hydrogens is 262 g/mol.